The molecule has 0 heterocycles. The Balaban J connectivity index is 2.50. The summed E-state index contributed by atoms with van der Waals surface area (Å²) in [4.78, 5) is 5.62. The quantitative estimate of drug-likeness (QED) is 0.440. The van der Waals surface area contributed by atoms with Crippen LogP contribution in [0.3, 0.4) is 0 Å². The highest BCUT2D eigenvalue weighted by atomic mass is 15.3. The molecule has 0 atom stereocenters. The number of aliphatic imine (C=N–C) groups is 1. The van der Waals surface area contributed by atoms with Gasteiger partial charge in [0.1, 0.15) is 0 Å². The molecule has 0 amide bonds. The Morgan fingerprint density at radius 2 is 1.80 bits per heavy atom. The van der Waals surface area contributed by atoms with Crippen LogP contribution in [0.15, 0.2) is 4.99 Å². The number of guanidine groups is 2. The van der Waals surface area contributed by atoms with Crippen molar-refractivity contribution in [2.45, 2.75) is 38.6 Å². The van der Waals surface area contributed by atoms with Gasteiger partial charge in [0.15, 0.2) is 5.96 Å². The van der Waals surface area contributed by atoms with E-state index in [-0.39, 0.29) is 11.9 Å². The van der Waals surface area contributed by atoms with Crippen LogP contribution in [-0.4, -0.2) is 29.9 Å². The average molecular weight is 211 g/mol. The van der Waals surface area contributed by atoms with Gasteiger partial charge in [-0.2, -0.15) is 4.99 Å². The van der Waals surface area contributed by atoms with Crippen molar-refractivity contribution in [2.75, 3.05) is 7.05 Å². The minimum Gasteiger partial charge on any atom is -0.370 e. The van der Waals surface area contributed by atoms with Crippen LogP contribution < -0.4 is 11.5 Å². The van der Waals surface area contributed by atoms with Gasteiger partial charge < -0.3 is 16.4 Å². The van der Waals surface area contributed by atoms with Crippen molar-refractivity contribution in [3.8, 4) is 0 Å². The van der Waals surface area contributed by atoms with Crippen LogP contribution in [0.2, 0.25) is 0 Å². The van der Waals surface area contributed by atoms with E-state index in [0.717, 1.165) is 18.8 Å². The van der Waals surface area contributed by atoms with Crippen LogP contribution in [0.1, 0.15) is 32.6 Å². The molecule has 1 saturated carbocycles. The molecule has 0 spiro atoms. The number of nitrogens with one attached hydrogen (secondary N) is 1. The number of hydrogen-bond acceptors (Lipinski definition) is 1. The van der Waals surface area contributed by atoms with E-state index >= 15 is 0 Å². The second kappa shape index (κ2) is 5.00. The molecule has 0 saturated heterocycles. The third-order valence-corrected chi connectivity index (χ3v) is 3.10. The lowest BCUT2D eigenvalue weighted by Crippen LogP contribution is -2.39. The summed E-state index contributed by atoms with van der Waals surface area (Å²) in [5.74, 6) is 0.928. The smallest absolute Gasteiger partial charge is 0.220 e. The van der Waals surface area contributed by atoms with Gasteiger partial charge in [-0.15, -0.1) is 0 Å². The summed E-state index contributed by atoms with van der Waals surface area (Å²) in [6.07, 6.45) is 4.70. The lowest BCUT2D eigenvalue weighted by atomic mass is 9.87. The van der Waals surface area contributed by atoms with Gasteiger partial charge in [0.2, 0.25) is 5.96 Å². The molecule has 0 aromatic heterocycles. The van der Waals surface area contributed by atoms with Gasteiger partial charge in [0.25, 0.3) is 0 Å². The minimum atomic E-state index is -0.0453. The predicted molar refractivity (Wildman–Crippen MR) is 62.7 cm³/mol. The Labute approximate surface area is 91.0 Å². The normalized spacial score (nSPS) is 25.7. The number of rotatable bonds is 1. The molecule has 1 aliphatic carbocycles. The monoisotopic (exact) mass is 211 g/mol. The van der Waals surface area contributed by atoms with E-state index < -0.39 is 0 Å². The second-order valence-electron chi connectivity index (χ2n) is 4.38. The molecule has 15 heavy (non-hydrogen) atoms. The van der Waals surface area contributed by atoms with Crippen molar-refractivity contribution in [3.05, 3.63) is 0 Å². The van der Waals surface area contributed by atoms with Crippen LogP contribution in [0.4, 0.5) is 0 Å². The molecule has 0 unspecified atom stereocenters. The number of nitrogens with zero attached hydrogens (tertiary/aromatic N) is 2. The standard InChI is InChI=1S/C10H21N5/c1-7-3-5-8(6-4-7)15(2)10(13)14-9(11)12/h7-8H,3-6H2,1-2H3,(H5,11,12,13,14). The van der Waals surface area contributed by atoms with Crippen molar-refractivity contribution in [3.63, 3.8) is 0 Å². The van der Waals surface area contributed by atoms with Crippen molar-refractivity contribution < 1.29 is 0 Å². The summed E-state index contributed by atoms with van der Waals surface area (Å²) in [6, 6.07) is 0.414. The zero-order chi connectivity index (χ0) is 11.4. The fourth-order valence-corrected chi connectivity index (χ4v) is 2.00. The van der Waals surface area contributed by atoms with Crippen molar-refractivity contribution in [1.29, 1.82) is 5.41 Å². The zero-order valence-corrected chi connectivity index (χ0v) is 9.53. The van der Waals surface area contributed by atoms with Crippen LogP contribution in [-0.2, 0) is 0 Å². The Hall–Kier alpha value is -1.26. The fourth-order valence-electron chi connectivity index (χ4n) is 2.00. The molecule has 0 bridgehead atoms. The summed E-state index contributed by atoms with van der Waals surface area (Å²) < 4.78 is 0. The Bertz CT molecular complexity index is 249. The molecule has 0 aliphatic heterocycles. The average Bonchev–Trinajstić information content (AvgIpc) is 2.17. The van der Waals surface area contributed by atoms with Crippen LogP contribution in [0.25, 0.3) is 0 Å². The van der Waals surface area contributed by atoms with Crippen LogP contribution >= 0.6 is 0 Å². The maximum absolute atomic E-state index is 7.69. The topological polar surface area (TPSA) is 91.5 Å². The molecule has 0 aromatic rings. The lowest BCUT2D eigenvalue weighted by Gasteiger charge is -2.33. The first-order chi connectivity index (χ1) is 7.00. The largest absolute Gasteiger partial charge is 0.370 e. The number of hydrogen-bond donors (Lipinski definition) is 3. The fraction of sp³-hybridized carbons (Fsp3) is 0.800. The van der Waals surface area contributed by atoms with Crippen molar-refractivity contribution in [1.82, 2.24) is 4.90 Å². The summed E-state index contributed by atoms with van der Waals surface area (Å²) in [5, 5.41) is 7.69. The SMILES string of the molecule is CC1CCC(N(C)C(=N)N=C(N)N)CC1. The molecule has 1 fully saturated rings. The van der Waals surface area contributed by atoms with Crippen LogP contribution in [0.5, 0.6) is 0 Å². The maximum atomic E-state index is 7.69. The maximum Gasteiger partial charge on any atom is 0.220 e. The first-order valence-corrected chi connectivity index (χ1v) is 5.41. The first-order valence-electron chi connectivity index (χ1n) is 5.41. The van der Waals surface area contributed by atoms with Gasteiger partial charge in [0.05, 0.1) is 0 Å². The summed E-state index contributed by atoms with van der Waals surface area (Å²) in [7, 11) is 1.88. The first kappa shape index (κ1) is 11.8. The van der Waals surface area contributed by atoms with Gasteiger partial charge in [-0.05, 0) is 31.6 Å². The lowest BCUT2D eigenvalue weighted by molar-refractivity contribution is 0.237. The van der Waals surface area contributed by atoms with E-state index in [9.17, 15) is 0 Å². The molecule has 0 radical (unpaired) electrons. The molecule has 1 aliphatic rings. The Kier molecular flexibility index (Phi) is 3.94. The summed E-state index contributed by atoms with van der Waals surface area (Å²) in [6.45, 7) is 2.28. The number of nitrogens with two attached hydrogens (primary N) is 2. The Morgan fingerprint density at radius 3 is 2.27 bits per heavy atom. The molecule has 5 heteroatoms. The minimum absolute atomic E-state index is 0.0453. The highest BCUT2D eigenvalue weighted by molar-refractivity contribution is 5.91. The van der Waals surface area contributed by atoms with E-state index in [1.54, 1.807) is 0 Å². The second-order valence-corrected chi connectivity index (χ2v) is 4.38. The molecule has 86 valence electrons. The molecule has 1 rings (SSSR count). The van der Waals surface area contributed by atoms with Gasteiger partial charge in [-0.25, -0.2) is 0 Å². The van der Waals surface area contributed by atoms with Gasteiger partial charge in [0, 0.05) is 13.1 Å². The van der Waals surface area contributed by atoms with Gasteiger partial charge in [-0.1, -0.05) is 6.92 Å². The van der Waals surface area contributed by atoms with E-state index in [0.29, 0.717) is 6.04 Å². The van der Waals surface area contributed by atoms with E-state index in [1.165, 1.54) is 12.8 Å². The van der Waals surface area contributed by atoms with E-state index in [2.05, 4.69) is 11.9 Å². The predicted octanol–water partition coefficient (Wildman–Crippen LogP) is 0.705. The summed E-state index contributed by atoms with van der Waals surface area (Å²) in [5.41, 5.74) is 10.5. The molecular formula is C10H21N5. The van der Waals surface area contributed by atoms with Gasteiger partial charge >= 0.3 is 0 Å². The van der Waals surface area contributed by atoms with E-state index in [4.69, 9.17) is 16.9 Å². The van der Waals surface area contributed by atoms with Crippen molar-refractivity contribution >= 4 is 11.9 Å². The molecule has 5 nitrogen and oxygen atoms in total. The third kappa shape index (κ3) is 3.42. The summed E-state index contributed by atoms with van der Waals surface area (Å²) >= 11 is 0. The van der Waals surface area contributed by atoms with Crippen molar-refractivity contribution in [2.24, 2.45) is 22.4 Å². The van der Waals surface area contributed by atoms with Gasteiger partial charge in [-0.3, -0.25) is 5.41 Å². The molecule has 5 N–H and O–H groups in total. The molecule has 0 aromatic carbocycles. The van der Waals surface area contributed by atoms with E-state index in [1.807, 2.05) is 11.9 Å². The highest BCUT2D eigenvalue weighted by Gasteiger charge is 2.22. The third-order valence-electron chi connectivity index (χ3n) is 3.10. The zero-order valence-electron chi connectivity index (χ0n) is 9.53. The van der Waals surface area contributed by atoms with Crippen LogP contribution in [0, 0.1) is 11.3 Å². The molecular weight excluding hydrogens is 190 g/mol. The highest BCUT2D eigenvalue weighted by Crippen LogP contribution is 2.26. The Morgan fingerprint density at radius 1 is 1.27 bits per heavy atom.